The van der Waals surface area contributed by atoms with Gasteiger partial charge in [-0.1, -0.05) is 17.7 Å². The summed E-state index contributed by atoms with van der Waals surface area (Å²) in [4.78, 5) is 14.8. The zero-order valence-electron chi connectivity index (χ0n) is 9.86. The lowest BCUT2D eigenvalue weighted by atomic mass is 10.2. The Morgan fingerprint density at radius 2 is 2.41 bits per heavy atom. The van der Waals surface area contributed by atoms with Crippen molar-refractivity contribution in [2.24, 2.45) is 5.73 Å². The molecule has 1 heterocycles. The molecule has 0 saturated heterocycles. The number of carbonyl (C=O) groups is 1. The largest absolute Gasteiger partial charge is 0.336 e. The van der Waals surface area contributed by atoms with Gasteiger partial charge in [-0.2, -0.15) is 0 Å². The number of amides is 1. The van der Waals surface area contributed by atoms with Crippen LogP contribution < -0.4 is 5.73 Å². The fraction of sp³-hybridized carbons (Fsp3) is 0.417. The van der Waals surface area contributed by atoms with E-state index in [1.165, 1.54) is 11.3 Å². The Morgan fingerprint density at radius 3 is 2.88 bits per heavy atom. The molecule has 0 aliphatic heterocycles. The van der Waals surface area contributed by atoms with Gasteiger partial charge in [-0.25, -0.2) is 0 Å². The predicted octanol–water partition coefficient (Wildman–Crippen LogP) is 2.65. The molecule has 0 aromatic carbocycles. The quantitative estimate of drug-likeness (QED) is 0.810. The van der Waals surface area contributed by atoms with Gasteiger partial charge in [-0.3, -0.25) is 4.79 Å². The van der Waals surface area contributed by atoms with Crippen LogP contribution in [0.2, 0.25) is 4.34 Å². The van der Waals surface area contributed by atoms with E-state index in [0.29, 0.717) is 19.5 Å². The van der Waals surface area contributed by atoms with E-state index in [9.17, 15) is 4.79 Å². The molecule has 17 heavy (non-hydrogen) atoms. The van der Waals surface area contributed by atoms with Crippen LogP contribution in [-0.2, 0) is 11.3 Å². The third-order valence-corrected chi connectivity index (χ3v) is 3.62. The summed E-state index contributed by atoms with van der Waals surface area (Å²) in [5.41, 5.74) is 5.78. The van der Waals surface area contributed by atoms with Gasteiger partial charge in [0.15, 0.2) is 0 Å². The molecule has 1 atom stereocenters. The van der Waals surface area contributed by atoms with Crippen molar-refractivity contribution in [1.29, 1.82) is 0 Å². The molecule has 0 aliphatic carbocycles. The number of rotatable bonds is 6. The van der Waals surface area contributed by atoms with Gasteiger partial charge in [-0.15, -0.1) is 17.9 Å². The topological polar surface area (TPSA) is 46.3 Å². The summed E-state index contributed by atoms with van der Waals surface area (Å²) in [5, 5.41) is 0. The van der Waals surface area contributed by atoms with Crippen molar-refractivity contribution < 1.29 is 4.79 Å². The molecule has 5 heteroatoms. The highest BCUT2D eigenvalue weighted by molar-refractivity contribution is 7.16. The Bertz CT molecular complexity index is 392. The Morgan fingerprint density at radius 1 is 1.71 bits per heavy atom. The zero-order valence-corrected chi connectivity index (χ0v) is 11.4. The number of nitrogens with two attached hydrogens (primary N) is 1. The number of hydrogen-bond acceptors (Lipinski definition) is 3. The Labute approximate surface area is 111 Å². The maximum Gasteiger partial charge on any atom is 0.240 e. The molecule has 0 bridgehead atoms. The highest BCUT2D eigenvalue weighted by Gasteiger charge is 2.19. The first-order valence-corrected chi connectivity index (χ1v) is 6.67. The smallest absolute Gasteiger partial charge is 0.240 e. The van der Waals surface area contributed by atoms with Crippen molar-refractivity contribution in [2.45, 2.75) is 25.9 Å². The van der Waals surface area contributed by atoms with Crippen LogP contribution in [0.1, 0.15) is 18.2 Å². The number of thiophene rings is 1. The number of nitrogens with zero attached hydrogens (tertiary/aromatic N) is 1. The van der Waals surface area contributed by atoms with Crippen LogP contribution in [0.15, 0.2) is 24.8 Å². The molecule has 1 unspecified atom stereocenters. The number of hydrogen-bond donors (Lipinski definition) is 1. The lowest BCUT2D eigenvalue weighted by Crippen LogP contribution is -2.42. The van der Waals surface area contributed by atoms with Crippen LogP contribution in [-0.4, -0.2) is 23.4 Å². The van der Waals surface area contributed by atoms with Gasteiger partial charge in [-0.05, 0) is 25.5 Å². The minimum absolute atomic E-state index is 0.0445. The molecular weight excluding hydrogens is 256 g/mol. The maximum atomic E-state index is 12.0. The fourth-order valence-corrected chi connectivity index (χ4v) is 2.59. The lowest BCUT2D eigenvalue weighted by Gasteiger charge is -2.23. The third kappa shape index (κ3) is 4.15. The van der Waals surface area contributed by atoms with Gasteiger partial charge >= 0.3 is 0 Å². The first kappa shape index (κ1) is 14.2. The standard InChI is InChI=1S/C12H17ClN2OS/c1-3-5-10(14)12(16)15(4-2)8-9-6-7-11(13)17-9/h3,6-7,10H,1,4-5,8,14H2,2H3. The van der Waals surface area contributed by atoms with Crippen molar-refractivity contribution in [3.63, 3.8) is 0 Å². The molecule has 94 valence electrons. The molecule has 0 aliphatic rings. The van der Waals surface area contributed by atoms with Crippen LogP contribution in [0.4, 0.5) is 0 Å². The normalized spacial score (nSPS) is 12.2. The third-order valence-electron chi connectivity index (χ3n) is 2.41. The molecular formula is C12H17ClN2OS. The molecule has 0 spiro atoms. The lowest BCUT2D eigenvalue weighted by molar-refractivity contribution is -0.132. The van der Waals surface area contributed by atoms with Gasteiger partial charge in [0, 0.05) is 11.4 Å². The second-order valence-corrected chi connectivity index (χ2v) is 5.49. The van der Waals surface area contributed by atoms with E-state index >= 15 is 0 Å². The molecule has 1 aromatic rings. The zero-order chi connectivity index (χ0) is 12.8. The van der Waals surface area contributed by atoms with E-state index in [1.807, 2.05) is 19.1 Å². The van der Waals surface area contributed by atoms with Crippen LogP contribution in [0.25, 0.3) is 0 Å². The average Bonchev–Trinajstić information content (AvgIpc) is 2.71. The molecule has 3 nitrogen and oxygen atoms in total. The SMILES string of the molecule is C=CCC(N)C(=O)N(CC)Cc1ccc(Cl)s1. The molecule has 1 rings (SSSR count). The van der Waals surface area contributed by atoms with Crippen LogP contribution in [0.3, 0.4) is 0 Å². The van der Waals surface area contributed by atoms with Gasteiger partial charge in [0.25, 0.3) is 0 Å². The minimum Gasteiger partial charge on any atom is -0.336 e. The van der Waals surface area contributed by atoms with Crippen LogP contribution >= 0.6 is 22.9 Å². The summed E-state index contributed by atoms with van der Waals surface area (Å²) >= 11 is 7.34. The highest BCUT2D eigenvalue weighted by Crippen LogP contribution is 2.22. The number of halogens is 1. The van der Waals surface area contributed by atoms with Crippen molar-refractivity contribution in [2.75, 3.05) is 6.54 Å². The summed E-state index contributed by atoms with van der Waals surface area (Å²) < 4.78 is 0.735. The monoisotopic (exact) mass is 272 g/mol. The molecule has 0 fully saturated rings. The minimum atomic E-state index is -0.497. The van der Waals surface area contributed by atoms with E-state index in [4.69, 9.17) is 17.3 Å². The molecule has 2 N–H and O–H groups in total. The second-order valence-electron chi connectivity index (χ2n) is 3.69. The Kier molecular flexibility index (Phi) is 5.68. The van der Waals surface area contributed by atoms with Crippen molar-refractivity contribution in [3.05, 3.63) is 34.0 Å². The summed E-state index contributed by atoms with van der Waals surface area (Å²) in [6, 6.07) is 3.27. The number of carbonyl (C=O) groups excluding carboxylic acids is 1. The first-order chi connectivity index (χ1) is 8.08. The van der Waals surface area contributed by atoms with E-state index in [0.717, 1.165) is 9.21 Å². The first-order valence-electron chi connectivity index (χ1n) is 5.48. The van der Waals surface area contributed by atoms with Gasteiger partial charge in [0.2, 0.25) is 5.91 Å². The van der Waals surface area contributed by atoms with Crippen molar-refractivity contribution in [3.8, 4) is 0 Å². The van der Waals surface area contributed by atoms with Gasteiger partial charge < -0.3 is 10.6 Å². The Hall–Kier alpha value is -0.840. The summed E-state index contributed by atoms with van der Waals surface area (Å²) in [6.45, 7) is 6.73. The summed E-state index contributed by atoms with van der Waals surface area (Å²) in [7, 11) is 0. The van der Waals surface area contributed by atoms with Crippen LogP contribution in [0, 0.1) is 0 Å². The van der Waals surface area contributed by atoms with E-state index < -0.39 is 6.04 Å². The number of likely N-dealkylation sites (N-methyl/N-ethyl adjacent to an activating group) is 1. The summed E-state index contributed by atoms with van der Waals surface area (Å²) in [5.74, 6) is -0.0445. The molecule has 0 radical (unpaired) electrons. The van der Waals surface area contributed by atoms with E-state index in [1.54, 1.807) is 11.0 Å². The van der Waals surface area contributed by atoms with Gasteiger partial charge in [0.1, 0.15) is 0 Å². The van der Waals surface area contributed by atoms with Crippen LogP contribution in [0.5, 0.6) is 0 Å². The summed E-state index contributed by atoms with van der Waals surface area (Å²) in [6.07, 6.45) is 2.17. The van der Waals surface area contributed by atoms with E-state index in [-0.39, 0.29) is 5.91 Å². The van der Waals surface area contributed by atoms with Gasteiger partial charge in [0.05, 0.1) is 16.9 Å². The molecule has 1 aromatic heterocycles. The van der Waals surface area contributed by atoms with Crippen molar-refractivity contribution >= 4 is 28.8 Å². The second kappa shape index (κ2) is 6.79. The Balaban J connectivity index is 2.64. The average molecular weight is 273 g/mol. The molecule has 1 amide bonds. The van der Waals surface area contributed by atoms with E-state index in [2.05, 4.69) is 6.58 Å². The predicted molar refractivity (Wildman–Crippen MR) is 73.2 cm³/mol. The maximum absolute atomic E-state index is 12.0. The van der Waals surface area contributed by atoms with Crippen molar-refractivity contribution in [1.82, 2.24) is 4.90 Å². The highest BCUT2D eigenvalue weighted by atomic mass is 35.5. The fourth-order valence-electron chi connectivity index (χ4n) is 1.49. The molecule has 0 saturated carbocycles.